The van der Waals surface area contributed by atoms with Gasteiger partial charge in [0.25, 0.3) is 5.91 Å². The van der Waals surface area contributed by atoms with Gasteiger partial charge >= 0.3 is 0 Å². The number of carbonyl (C=O) groups is 2. The fourth-order valence-corrected chi connectivity index (χ4v) is 4.57. The summed E-state index contributed by atoms with van der Waals surface area (Å²) in [6.45, 7) is 0. The number of halogens is 3. The molecule has 1 atom stereocenters. The molecule has 0 saturated carbocycles. The van der Waals surface area contributed by atoms with Crippen LogP contribution in [0.4, 0.5) is 13.2 Å². The van der Waals surface area contributed by atoms with Gasteiger partial charge < -0.3 is 0 Å². The average Bonchev–Trinajstić information content (AvgIpc) is 3.03. The Morgan fingerprint density at radius 1 is 0.929 bits per heavy atom. The van der Waals surface area contributed by atoms with Crippen LogP contribution in [0, 0.1) is 23.4 Å². The molecular formula is C18H15F3N2O4S. The molecule has 1 saturated heterocycles. The van der Waals surface area contributed by atoms with Crippen molar-refractivity contribution in [3.05, 3.63) is 59.4 Å². The molecule has 6 nitrogen and oxygen atoms in total. The minimum Gasteiger partial charge on any atom is -0.273 e. The first-order valence-electron chi connectivity index (χ1n) is 8.22. The van der Waals surface area contributed by atoms with Crippen molar-refractivity contribution in [2.24, 2.45) is 5.92 Å². The lowest BCUT2D eigenvalue weighted by atomic mass is 10.0. The highest BCUT2D eigenvalue weighted by molar-refractivity contribution is 7.91. The lowest BCUT2D eigenvalue weighted by molar-refractivity contribution is -0.125. The zero-order valence-corrected chi connectivity index (χ0v) is 15.2. The van der Waals surface area contributed by atoms with Crippen LogP contribution in [0.2, 0.25) is 0 Å². The summed E-state index contributed by atoms with van der Waals surface area (Å²) < 4.78 is 62.4. The number of hydrogen-bond acceptors (Lipinski definition) is 4. The second kappa shape index (κ2) is 7.63. The summed E-state index contributed by atoms with van der Waals surface area (Å²) in [6, 6.07) is 7.21. The van der Waals surface area contributed by atoms with Gasteiger partial charge in [0.2, 0.25) is 5.91 Å². The molecule has 148 valence electrons. The molecule has 1 fully saturated rings. The number of carbonyl (C=O) groups excluding carboxylic acids is 2. The monoisotopic (exact) mass is 412 g/mol. The van der Waals surface area contributed by atoms with E-state index in [0.29, 0.717) is 5.56 Å². The first-order chi connectivity index (χ1) is 13.2. The van der Waals surface area contributed by atoms with Gasteiger partial charge in [0.1, 0.15) is 0 Å². The van der Waals surface area contributed by atoms with E-state index in [1.807, 2.05) is 0 Å². The highest BCUT2D eigenvalue weighted by Crippen LogP contribution is 2.24. The van der Waals surface area contributed by atoms with Gasteiger partial charge in [0, 0.05) is 5.56 Å². The Kier molecular flexibility index (Phi) is 5.41. The summed E-state index contributed by atoms with van der Waals surface area (Å²) in [5, 5.41) is 0. The van der Waals surface area contributed by atoms with E-state index in [0.717, 1.165) is 12.1 Å². The summed E-state index contributed by atoms with van der Waals surface area (Å²) in [7, 11) is -3.22. The molecule has 10 heteroatoms. The molecule has 0 aromatic heterocycles. The Morgan fingerprint density at radius 3 is 2.07 bits per heavy atom. The van der Waals surface area contributed by atoms with Crippen LogP contribution in [-0.4, -0.2) is 31.7 Å². The molecule has 1 unspecified atom stereocenters. The van der Waals surface area contributed by atoms with E-state index in [4.69, 9.17) is 0 Å². The molecule has 0 radical (unpaired) electrons. The van der Waals surface area contributed by atoms with Gasteiger partial charge in [-0.3, -0.25) is 20.4 Å². The number of rotatable bonds is 3. The van der Waals surface area contributed by atoms with E-state index in [9.17, 15) is 31.2 Å². The maximum atomic E-state index is 13.3. The summed E-state index contributed by atoms with van der Waals surface area (Å²) in [5.41, 5.74) is 4.97. The Morgan fingerprint density at radius 2 is 1.54 bits per heavy atom. The first-order valence-corrected chi connectivity index (χ1v) is 10.0. The third-order valence-electron chi connectivity index (χ3n) is 4.37. The van der Waals surface area contributed by atoms with E-state index in [-0.39, 0.29) is 29.1 Å². The molecule has 1 aliphatic heterocycles. The standard InChI is InChI=1S/C18H15F3N2O4S/c19-14-7-13(8-15(20)16(14)21)10-1-3-11(4-2-10)17(24)22-23-18(25)12-5-6-28(26,27)9-12/h1-4,7-8,12H,5-6,9H2,(H,22,24)(H,23,25). The highest BCUT2D eigenvalue weighted by Gasteiger charge is 2.33. The maximum absolute atomic E-state index is 13.3. The number of amides is 2. The molecular weight excluding hydrogens is 397 g/mol. The quantitative estimate of drug-likeness (QED) is 0.596. The largest absolute Gasteiger partial charge is 0.273 e. The van der Waals surface area contributed by atoms with Crippen molar-refractivity contribution >= 4 is 21.7 Å². The van der Waals surface area contributed by atoms with Crippen LogP contribution >= 0.6 is 0 Å². The number of sulfone groups is 1. The van der Waals surface area contributed by atoms with Crippen LogP contribution in [0.5, 0.6) is 0 Å². The fourth-order valence-electron chi connectivity index (χ4n) is 2.83. The average molecular weight is 412 g/mol. The van der Waals surface area contributed by atoms with Crippen molar-refractivity contribution < 1.29 is 31.2 Å². The number of nitrogens with one attached hydrogen (secondary N) is 2. The summed E-state index contributed by atoms with van der Waals surface area (Å²) in [4.78, 5) is 24.0. The number of hydrazine groups is 1. The van der Waals surface area contributed by atoms with Crippen molar-refractivity contribution in [1.82, 2.24) is 10.9 Å². The van der Waals surface area contributed by atoms with Crippen LogP contribution in [0.3, 0.4) is 0 Å². The summed E-state index contributed by atoms with van der Waals surface area (Å²) in [6.07, 6.45) is 0.198. The van der Waals surface area contributed by atoms with Crippen molar-refractivity contribution in [2.45, 2.75) is 6.42 Å². The molecule has 0 bridgehead atoms. The molecule has 2 amide bonds. The van der Waals surface area contributed by atoms with Gasteiger partial charge in [-0.1, -0.05) is 12.1 Å². The Labute approximate surface area is 158 Å². The van der Waals surface area contributed by atoms with E-state index in [2.05, 4.69) is 10.9 Å². The van der Waals surface area contributed by atoms with Crippen LogP contribution < -0.4 is 10.9 Å². The van der Waals surface area contributed by atoms with Crippen molar-refractivity contribution in [1.29, 1.82) is 0 Å². The zero-order valence-electron chi connectivity index (χ0n) is 14.3. The first kappa shape index (κ1) is 19.9. The molecule has 0 spiro atoms. The molecule has 0 aliphatic carbocycles. The van der Waals surface area contributed by atoms with Gasteiger partial charge in [0.05, 0.1) is 17.4 Å². The van der Waals surface area contributed by atoms with Gasteiger partial charge in [-0.15, -0.1) is 0 Å². The minimum absolute atomic E-state index is 0.0644. The van der Waals surface area contributed by atoms with Crippen molar-refractivity contribution in [2.75, 3.05) is 11.5 Å². The Balaban J connectivity index is 1.63. The summed E-state index contributed by atoms with van der Waals surface area (Å²) >= 11 is 0. The lowest BCUT2D eigenvalue weighted by Crippen LogP contribution is -2.44. The molecule has 1 aliphatic rings. The highest BCUT2D eigenvalue weighted by atomic mass is 32.2. The zero-order chi connectivity index (χ0) is 20.5. The number of hydrogen-bond donors (Lipinski definition) is 2. The Hall–Kier alpha value is -2.88. The van der Waals surface area contributed by atoms with Crippen LogP contribution in [-0.2, 0) is 14.6 Å². The molecule has 28 heavy (non-hydrogen) atoms. The van der Waals surface area contributed by atoms with Gasteiger partial charge in [-0.05, 0) is 41.8 Å². The Bertz CT molecular complexity index is 1020. The third kappa shape index (κ3) is 4.33. The van der Waals surface area contributed by atoms with Crippen LogP contribution in [0.1, 0.15) is 16.8 Å². The number of benzene rings is 2. The van der Waals surface area contributed by atoms with E-state index >= 15 is 0 Å². The van der Waals surface area contributed by atoms with E-state index in [1.54, 1.807) is 0 Å². The second-order valence-electron chi connectivity index (χ2n) is 6.37. The topological polar surface area (TPSA) is 92.3 Å². The summed E-state index contributed by atoms with van der Waals surface area (Å²) in [5.74, 6) is -6.50. The predicted octanol–water partition coefficient (Wildman–Crippen LogP) is 1.97. The SMILES string of the molecule is O=C(NNC(=O)C1CCS(=O)(=O)C1)c1ccc(-c2cc(F)c(F)c(F)c2)cc1. The smallest absolute Gasteiger partial charge is 0.269 e. The van der Waals surface area contributed by atoms with Gasteiger partial charge in [-0.25, -0.2) is 21.6 Å². The maximum Gasteiger partial charge on any atom is 0.269 e. The lowest BCUT2D eigenvalue weighted by Gasteiger charge is -2.11. The van der Waals surface area contributed by atoms with Crippen molar-refractivity contribution in [3.8, 4) is 11.1 Å². The third-order valence-corrected chi connectivity index (χ3v) is 6.13. The second-order valence-corrected chi connectivity index (χ2v) is 8.60. The molecule has 2 aromatic rings. The molecule has 2 N–H and O–H groups in total. The van der Waals surface area contributed by atoms with E-state index in [1.165, 1.54) is 24.3 Å². The van der Waals surface area contributed by atoms with Crippen LogP contribution in [0.15, 0.2) is 36.4 Å². The van der Waals surface area contributed by atoms with Crippen molar-refractivity contribution in [3.63, 3.8) is 0 Å². The van der Waals surface area contributed by atoms with E-state index < -0.39 is 45.0 Å². The van der Waals surface area contributed by atoms with Gasteiger partial charge in [0.15, 0.2) is 27.3 Å². The molecule has 3 rings (SSSR count). The molecule has 1 heterocycles. The molecule has 2 aromatic carbocycles. The van der Waals surface area contributed by atoms with Crippen LogP contribution in [0.25, 0.3) is 11.1 Å². The van der Waals surface area contributed by atoms with Gasteiger partial charge in [-0.2, -0.15) is 0 Å². The fraction of sp³-hybridized carbons (Fsp3) is 0.222. The normalized spacial score (nSPS) is 17.9. The minimum atomic E-state index is -3.22. The predicted molar refractivity (Wildman–Crippen MR) is 94.1 cm³/mol.